The van der Waals surface area contributed by atoms with E-state index in [1.54, 1.807) is 18.1 Å². The average molecular weight is 501 g/mol. The number of hydrogen-bond donors (Lipinski definition) is 2. The largest absolute Gasteiger partial charge is 0.489 e. The molecule has 1 amide bonds. The maximum absolute atomic E-state index is 12.1. The van der Waals surface area contributed by atoms with Crippen molar-refractivity contribution in [2.24, 2.45) is 0 Å². The van der Waals surface area contributed by atoms with Crippen LogP contribution in [0.2, 0.25) is 0 Å². The van der Waals surface area contributed by atoms with Gasteiger partial charge in [-0.3, -0.25) is 4.79 Å². The third kappa shape index (κ3) is 4.45. The van der Waals surface area contributed by atoms with Crippen molar-refractivity contribution in [3.63, 3.8) is 0 Å². The van der Waals surface area contributed by atoms with Crippen LogP contribution in [0.1, 0.15) is 5.56 Å². The standard InChI is InChI=1S/C27H28N6O4/c1-31-22-4-2-18(14-19(22)15-25(31)35)21-17-33-7-6-28-27(33)26(30-21)29-20-3-5-23(24(16-20)37-13-10-34)32-8-11-36-12-9-32/h2-7,14,16-17,34H,8-13,15H2,1H3,(H,29,30). The summed E-state index contributed by atoms with van der Waals surface area (Å²) in [5.41, 5.74) is 6.07. The van der Waals surface area contributed by atoms with Crippen LogP contribution in [0.4, 0.5) is 22.9 Å². The normalized spacial score (nSPS) is 15.4. The second-order valence-electron chi connectivity index (χ2n) is 9.08. The van der Waals surface area contributed by atoms with Gasteiger partial charge in [0.2, 0.25) is 5.91 Å². The number of hydrogen-bond acceptors (Lipinski definition) is 8. The topological polar surface area (TPSA) is 104 Å². The van der Waals surface area contributed by atoms with Crippen LogP contribution in [0.25, 0.3) is 16.9 Å². The molecule has 190 valence electrons. The third-order valence-corrected chi connectivity index (χ3v) is 6.75. The molecule has 4 heterocycles. The van der Waals surface area contributed by atoms with E-state index in [4.69, 9.17) is 14.5 Å². The quantitative estimate of drug-likeness (QED) is 0.399. The number of nitrogens with one attached hydrogen (secondary N) is 1. The van der Waals surface area contributed by atoms with E-state index in [9.17, 15) is 9.90 Å². The average Bonchev–Trinajstić information content (AvgIpc) is 3.52. The van der Waals surface area contributed by atoms with Gasteiger partial charge in [-0.25, -0.2) is 9.97 Å². The number of ether oxygens (including phenoxy) is 2. The first-order valence-corrected chi connectivity index (χ1v) is 12.3. The maximum Gasteiger partial charge on any atom is 0.231 e. The zero-order chi connectivity index (χ0) is 25.4. The molecule has 4 aromatic rings. The first kappa shape index (κ1) is 23.3. The number of fused-ring (bicyclic) bond motifs is 2. The lowest BCUT2D eigenvalue weighted by Gasteiger charge is -2.30. The molecular weight excluding hydrogens is 472 g/mol. The van der Waals surface area contributed by atoms with E-state index in [0.717, 1.165) is 47.0 Å². The molecule has 2 aliphatic rings. The molecule has 2 aromatic carbocycles. The van der Waals surface area contributed by atoms with Gasteiger partial charge in [-0.05, 0) is 29.8 Å². The van der Waals surface area contributed by atoms with Gasteiger partial charge in [0.1, 0.15) is 12.4 Å². The van der Waals surface area contributed by atoms with Gasteiger partial charge in [0, 0.05) is 61.7 Å². The van der Waals surface area contributed by atoms with Gasteiger partial charge < -0.3 is 34.1 Å². The van der Waals surface area contributed by atoms with E-state index in [-0.39, 0.29) is 19.1 Å². The highest BCUT2D eigenvalue weighted by Crippen LogP contribution is 2.35. The van der Waals surface area contributed by atoms with E-state index in [1.807, 2.05) is 53.2 Å². The van der Waals surface area contributed by atoms with Crippen molar-refractivity contribution < 1.29 is 19.4 Å². The van der Waals surface area contributed by atoms with E-state index in [1.165, 1.54) is 0 Å². The molecule has 6 rings (SSSR count). The number of benzene rings is 2. The number of aliphatic hydroxyl groups is 1. The molecule has 0 atom stereocenters. The predicted molar refractivity (Wildman–Crippen MR) is 141 cm³/mol. The number of morpholine rings is 1. The number of aromatic nitrogens is 3. The second kappa shape index (κ2) is 9.72. The number of carbonyl (C=O) groups is 1. The van der Waals surface area contributed by atoms with E-state index in [0.29, 0.717) is 36.8 Å². The van der Waals surface area contributed by atoms with Crippen molar-refractivity contribution >= 4 is 34.4 Å². The molecule has 10 heteroatoms. The highest BCUT2D eigenvalue weighted by atomic mass is 16.5. The smallest absolute Gasteiger partial charge is 0.231 e. The van der Waals surface area contributed by atoms with Crippen LogP contribution in [0.15, 0.2) is 55.0 Å². The highest BCUT2D eigenvalue weighted by molar-refractivity contribution is 6.01. The molecule has 2 aromatic heterocycles. The predicted octanol–water partition coefficient (Wildman–Crippen LogP) is 2.87. The number of aliphatic hydroxyl groups excluding tert-OH is 1. The number of rotatable bonds is 7. The van der Waals surface area contributed by atoms with Crippen LogP contribution < -0.4 is 19.9 Å². The number of likely N-dealkylation sites (N-methyl/N-ethyl adjacent to an activating group) is 1. The fourth-order valence-corrected chi connectivity index (χ4v) is 4.85. The van der Waals surface area contributed by atoms with E-state index in [2.05, 4.69) is 15.2 Å². The van der Waals surface area contributed by atoms with Crippen molar-refractivity contribution in [3.8, 4) is 17.0 Å². The van der Waals surface area contributed by atoms with Crippen LogP contribution in [0.5, 0.6) is 5.75 Å². The van der Waals surface area contributed by atoms with Crippen molar-refractivity contribution in [2.45, 2.75) is 6.42 Å². The Morgan fingerprint density at radius 2 is 1.97 bits per heavy atom. The Labute approximate surface area is 214 Å². The molecule has 1 fully saturated rings. The van der Waals surface area contributed by atoms with Crippen LogP contribution >= 0.6 is 0 Å². The van der Waals surface area contributed by atoms with Crippen LogP contribution in [-0.4, -0.2) is 71.9 Å². The van der Waals surface area contributed by atoms with Crippen LogP contribution in [-0.2, 0) is 16.0 Å². The minimum Gasteiger partial charge on any atom is -0.489 e. The number of anilines is 4. The lowest BCUT2D eigenvalue weighted by molar-refractivity contribution is -0.117. The molecule has 0 unspecified atom stereocenters. The monoisotopic (exact) mass is 500 g/mol. The van der Waals surface area contributed by atoms with Crippen molar-refractivity contribution in [1.82, 2.24) is 14.4 Å². The van der Waals surface area contributed by atoms with Gasteiger partial charge in [0.05, 0.1) is 37.6 Å². The van der Waals surface area contributed by atoms with Crippen LogP contribution in [0.3, 0.4) is 0 Å². The molecule has 0 aliphatic carbocycles. The van der Waals surface area contributed by atoms with E-state index < -0.39 is 0 Å². The van der Waals surface area contributed by atoms with Crippen molar-refractivity contribution in [1.29, 1.82) is 0 Å². The summed E-state index contributed by atoms with van der Waals surface area (Å²) >= 11 is 0. The van der Waals surface area contributed by atoms with Gasteiger partial charge in [-0.2, -0.15) is 0 Å². The Bertz CT molecular complexity index is 1460. The second-order valence-corrected chi connectivity index (χ2v) is 9.08. The molecule has 1 saturated heterocycles. The van der Waals surface area contributed by atoms with Crippen LogP contribution in [0, 0.1) is 0 Å². The molecule has 0 spiro atoms. The first-order chi connectivity index (χ1) is 18.1. The Hall–Kier alpha value is -4.15. The molecule has 0 radical (unpaired) electrons. The summed E-state index contributed by atoms with van der Waals surface area (Å²) in [6.07, 6.45) is 5.95. The first-order valence-electron chi connectivity index (χ1n) is 12.3. The fraction of sp³-hybridized carbons (Fsp3) is 0.296. The number of nitrogens with zero attached hydrogens (tertiary/aromatic N) is 5. The Morgan fingerprint density at radius 1 is 1.14 bits per heavy atom. The molecule has 0 saturated carbocycles. The Kier molecular flexibility index (Phi) is 6.11. The summed E-state index contributed by atoms with van der Waals surface area (Å²) in [5.74, 6) is 1.37. The highest BCUT2D eigenvalue weighted by Gasteiger charge is 2.24. The summed E-state index contributed by atoms with van der Waals surface area (Å²) in [7, 11) is 1.80. The molecule has 37 heavy (non-hydrogen) atoms. The zero-order valence-corrected chi connectivity index (χ0v) is 20.6. The lowest BCUT2D eigenvalue weighted by atomic mass is 10.1. The fourth-order valence-electron chi connectivity index (χ4n) is 4.85. The summed E-state index contributed by atoms with van der Waals surface area (Å²) < 4.78 is 13.3. The zero-order valence-electron chi connectivity index (χ0n) is 20.6. The molecule has 2 N–H and O–H groups in total. The summed E-state index contributed by atoms with van der Waals surface area (Å²) in [5, 5.41) is 12.8. The Morgan fingerprint density at radius 3 is 2.81 bits per heavy atom. The lowest BCUT2D eigenvalue weighted by Crippen LogP contribution is -2.36. The molecule has 0 bridgehead atoms. The minimum absolute atomic E-state index is 0.0688. The molecular formula is C27H28N6O4. The van der Waals surface area contributed by atoms with Gasteiger partial charge in [-0.15, -0.1) is 0 Å². The summed E-state index contributed by atoms with van der Waals surface area (Å²) in [6, 6.07) is 11.9. The van der Waals surface area contributed by atoms with Crippen molar-refractivity contribution in [2.75, 3.05) is 61.7 Å². The maximum atomic E-state index is 12.1. The van der Waals surface area contributed by atoms with Crippen molar-refractivity contribution in [3.05, 3.63) is 60.6 Å². The summed E-state index contributed by atoms with van der Waals surface area (Å²) in [4.78, 5) is 25.5. The van der Waals surface area contributed by atoms with Gasteiger partial charge >= 0.3 is 0 Å². The third-order valence-electron chi connectivity index (χ3n) is 6.75. The number of amides is 1. The molecule has 10 nitrogen and oxygen atoms in total. The number of carbonyl (C=O) groups excluding carboxylic acids is 1. The Balaban J connectivity index is 1.35. The molecule has 2 aliphatic heterocycles. The van der Waals surface area contributed by atoms with Gasteiger partial charge in [0.15, 0.2) is 11.5 Å². The summed E-state index contributed by atoms with van der Waals surface area (Å²) in [6.45, 7) is 3.03. The van der Waals surface area contributed by atoms with Gasteiger partial charge in [0.25, 0.3) is 0 Å². The SMILES string of the molecule is CN1C(=O)Cc2cc(-c3cn4ccnc4c(Nc4ccc(N5CCOCC5)c(OCCO)c4)n3)ccc21. The van der Waals surface area contributed by atoms with E-state index >= 15 is 0 Å². The minimum atomic E-state index is -0.0688. The number of imidazole rings is 1. The van der Waals surface area contributed by atoms with Gasteiger partial charge in [-0.1, -0.05) is 6.07 Å².